The molecular weight excluding hydrogens is 640 g/mol. The topological polar surface area (TPSA) is 77.1 Å². The van der Waals surface area contributed by atoms with Gasteiger partial charge in [-0.3, -0.25) is 4.74 Å². The molecule has 2 atom stereocenters. The van der Waals surface area contributed by atoms with E-state index in [4.69, 9.17) is 0 Å². The first-order valence-corrected chi connectivity index (χ1v) is 7.71. The molecule has 224 valence electrons. The fraction of sp³-hybridized carbons (Fsp3) is 0.917. The summed E-state index contributed by atoms with van der Waals surface area (Å²) in [5.74, 6) is -10.5. The summed E-state index contributed by atoms with van der Waals surface area (Å²) in [6.07, 6.45) is -30.7. The van der Waals surface area contributed by atoms with Crippen LogP contribution in [0.3, 0.4) is 0 Å². The normalized spacial score (nSPS) is 22.9. The first-order valence-electron chi connectivity index (χ1n) is 7.71. The second kappa shape index (κ2) is 14.0. The zero-order chi connectivity index (χ0) is 30.5. The van der Waals surface area contributed by atoms with Crippen molar-refractivity contribution in [1.29, 1.82) is 0 Å². The maximum Gasteiger partial charge on any atom is 1.00 e. The minimum atomic E-state index is -7.11. The summed E-state index contributed by atoms with van der Waals surface area (Å²) in [6, 6.07) is 0. The molecule has 38 heavy (non-hydrogen) atoms. The molecular formula is C12H6F19KO6. The van der Waals surface area contributed by atoms with Gasteiger partial charge in [0.1, 0.15) is 12.6 Å². The number of rotatable bonds is 6. The maximum atomic E-state index is 12.9. The van der Waals surface area contributed by atoms with Crippen molar-refractivity contribution in [3.05, 3.63) is 0 Å². The molecule has 1 fully saturated rings. The van der Waals surface area contributed by atoms with Crippen LogP contribution in [0.4, 0.5) is 83.7 Å². The number of alkyl halides is 17. The van der Waals surface area contributed by atoms with Gasteiger partial charge >= 0.3 is 93.6 Å². The maximum absolute atomic E-state index is 12.9. The van der Waals surface area contributed by atoms with E-state index in [1.807, 2.05) is 4.94 Å². The number of carboxylic acid groups (broad SMARTS) is 1. The van der Waals surface area contributed by atoms with Gasteiger partial charge in [0.25, 0.3) is 5.85 Å². The molecule has 0 N–H and O–H groups in total. The van der Waals surface area contributed by atoms with Gasteiger partial charge in [0.05, 0.1) is 0 Å². The number of ether oxygens (including phenoxy) is 2. The average molecular weight is 646 g/mol. The van der Waals surface area contributed by atoms with Crippen molar-refractivity contribution in [2.24, 2.45) is 0 Å². The Balaban J connectivity index is -0.000000509. The van der Waals surface area contributed by atoms with Crippen molar-refractivity contribution in [3.8, 4) is 0 Å². The summed E-state index contributed by atoms with van der Waals surface area (Å²) in [7, 11) is 0. The Kier molecular flexibility index (Phi) is 15.5. The fourth-order valence-corrected chi connectivity index (χ4v) is 1.51. The van der Waals surface area contributed by atoms with E-state index >= 15 is 0 Å². The first kappa shape index (κ1) is 42.1. The first-order chi connectivity index (χ1) is 16.1. The van der Waals surface area contributed by atoms with E-state index in [1.54, 1.807) is 0 Å². The summed E-state index contributed by atoms with van der Waals surface area (Å²) in [4.78, 5) is 13.2. The Labute approximate surface area is 237 Å². The third-order valence-electron chi connectivity index (χ3n) is 3.21. The Bertz CT molecular complexity index is 721. The van der Waals surface area contributed by atoms with E-state index in [1.165, 1.54) is 0 Å². The molecule has 1 aliphatic rings. The van der Waals surface area contributed by atoms with Crippen molar-refractivity contribution in [2.75, 3.05) is 20.0 Å². The van der Waals surface area contributed by atoms with E-state index in [0.717, 1.165) is 4.94 Å². The minimum absolute atomic E-state index is 0. The zero-order valence-electron chi connectivity index (χ0n) is 17.3. The largest absolute Gasteiger partial charge is 1.00 e. The monoisotopic (exact) mass is 646 g/mol. The molecule has 0 aliphatic carbocycles. The number of hydrogen-bond donors (Lipinski definition) is 0. The van der Waals surface area contributed by atoms with Gasteiger partial charge in [0.2, 0.25) is 0 Å². The number of halogens is 19. The van der Waals surface area contributed by atoms with Crippen LogP contribution in [0.25, 0.3) is 0 Å². The Morgan fingerprint density at radius 3 is 1.32 bits per heavy atom. The molecule has 0 aromatic heterocycles. The molecule has 26 heteroatoms. The molecule has 1 rings (SSSR count). The Morgan fingerprint density at radius 2 is 1.21 bits per heavy atom. The molecule has 0 aromatic carbocycles. The third-order valence-corrected chi connectivity index (χ3v) is 3.21. The van der Waals surface area contributed by atoms with E-state index in [9.17, 15) is 93.6 Å². The van der Waals surface area contributed by atoms with Crippen LogP contribution in [0, 0.1) is 0 Å². The second-order valence-electron chi connectivity index (χ2n) is 5.91. The van der Waals surface area contributed by atoms with Gasteiger partial charge in [-0.2, -0.15) is 57.1 Å². The van der Waals surface area contributed by atoms with Crippen molar-refractivity contribution in [1.82, 2.24) is 0 Å². The molecule has 0 saturated carbocycles. The summed E-state index contributed by atoms with van der Waals surface area (Å²) < 4.78 is 227. The van der Waals surface area contributed by atoms with Gasteiger partial charge in [-0.25, -0.2) is 17.6 Å². The molecule has 2 unspecified atom stereocenters. The third kappa shape index (κ3) is 9.62. The molecule has 0 aromatic rings. The number of carbonyl (C=O) groups excluding carboxylic acids is 1. The zero-order valence-corrected chi connectivity index (χ0v) is 20.4. The number of carboxylic acids is 1. The Hall–Kier alpha value is -0.384. The molecule has 1 saturated heterocycles. The van der Waals surface area contributed by atoms with Crippen LogP contribution >= 0.6 is 0 Å². The quantitative estimate of drug-likeness (QED) is 0.322. The van der Waals surface area contributed by atoms with Crippen LogP contribution in [0.1, 0.15) is 0 Å². The van der Waals surface area contributed by atoms with Gasteiger partial charge in [0, 0.05) is 0 Å². The van der Waals surface area contributed by atoms with E-state index in [0.29, 0.717) is 0 Å². The smallest absolute Gasteiger partial charge is 0.544 e. The van der Waals surface area contributed by atoms with Crippen molar-refractivity contribution in [2.45, 2.75) is 48.1 Å². The van der Waals surface area contributed by atoms with Gasteiger partial charge in [-0.1, -0.05) is 0 Å². The Morgan fingerprint density at radius 1 is 0.816 bits per heavy atom. The van der Waals surface area contributed by atoms with E-state index in [-0.39, 0.29) is 51.4 Å². The molecule has 0 spiro atoms. The molecule has 0 bridgehead atoms. The van der Waals surface area contributed by atoms with Crippen LogP contribution in [0.5, 0.6) is 0 Å². The van der Waals surface area contributed by atoms with Crippen molar-refractivity contribution < 1.29 is 164 Å². The fourth-order valence-electron chi connectivity index (χ4n) is 1.51. The van der Waals surface area contributed by atoms with E-state index in [2.05, 4.69) is 9.47 Å². The van der Waals surface area contributed by atoms with E-state index < -0.39 is 74.0 Å². The summed E-state index contributed by atoms with van der Waals surface area (Å²) in [5, 5.41) is 10.2. The molecule has 1 aliphatic heterocycles. The molecule has 1 heterocycles. The summed E-state index contributed by atoms with van der Waals surface area (Å²) in [5.41, 5.74) is -7.11. The minimum Gasteiger partial charge on any atom is -0.544 e. The summed E-state index contributed by atoms with van der Waals surface area (Å²) >= 11 is 0. The predicted octanol–water partition coefficient (Wildman–Crippen LogP) is 1.44. The SMILES string of the molecule is FCC(F)(F)OF.FOC(F)(F)C(F)(C(F)(F)F)C(F)(F)F.O=C([O-])C1(C(F)(F)F)OCC(F)(CF)O1.[K+]. The molecule has 0 radical (unpaired) electrons. The second-order valence-corrected chi connectivity index (χ2v) is 5.91. The van der Waals surface area contributed by atoms with Gasteiger partial charge in [-0.05, 0) is 9.05 Å². The van der Waals surface area contributed by atoms with Crippen LogP contribution in [-0.2, 0) is 24.2 Å². The van der Waals surface area contributed by atoms with Crippen LogP contribution in [0.2, 0.25) is 0 Å². The van der Waals surface area contributed by atoms with Crippen LogP contribution in [-0.4, -0.2) is 74.0 Å². The van der Waals surface area contributed by atoms with Gasteiger partial charge < -0.3 is 14.6 Å². The van der Waals surface area contributed by atoms with Gasteiger partial charge in [0.15, 0.2) is 13.3 Å². The number of hydrogen-bond acceptors (Lipinski definition) is 6. The summed E-state index contributed by atoms with van der Waals surface area (Å²) in [6.45, 7) is -5.57. The molecule has 6 nitrogen and oxygen atoms in total. The van der Waals surface area contributed by atoms with Crippen LogP contribution in [0.15, 0.2) is 0 Å². The van der Waals surface area contributed by atoms with Gasteiger partial charge in [-0.15, -0.1) is 9.88 Å². The molecule has 0 amide bonds. The van der Waals surface area contributed by atoms with Crippen LogP contribution < -0.4 is 56.5 Å². The van der Waals surface area contributed by atoms with Crippen molar-refractivity contribution in [3.63, 3.8) is 0 Å². The average Bonchev–Trinajstić information content (AvgIpc) is 3.12. The predicted molar refractivity (Wildman–Crippen MR) is 66.8 cm³/mol. The standard InChI is InChI=1S/C6H5F5O4.C4F10O.C2H2F4O.K/c7-1-4(8)2-14-5(15-4,3(12)13)6(9,10)11;5-1(2(6,7)8,3(9,10)11)4(12,13)15-14;3-1-2(4,5)7-6;/h1-2H2,(H,12,13);;1H2;/q;;;+1/p-1. The number of aliphatic carboxylic acids is 1. The number of carbonyl (C=O) groups is 1. The van der Waals surface area contributed by atoms with Crippen molar-refractivity contribution >= 4 is 5.97 Å².